The molecule has 10 heteroatoms. The second-order valence-electron chi connectivity index (χ2n) is 11.8. The number of hydrogen-bond donors (Lipinski definition) is 0. The predicted molar refractivity (Wildman–Crippen MR) is 153 cm³/mol. The average molecular weight is 597 g/mol. The number of carbonyl (C=O) groups is 2. The van der Waals surface area contributed by atoms with Crippen LogP contribution >= 0.6 is 23.2 Å². The average Bonchev–Trinajstić information content (AvgIpc) is 3.34. The van der Waals surface area contributed by atoms with E-state index in [2.05, 4.69) is 30.6 Å². The minimum absolute atomic E-state index is 0.0499. The number of halogens is 4. The van der Waals surface area contributed by atoms with E-state index in [1.54, 1.807) is 12.1 Å². The standard InChI is InChI=1S/C30H37Cl2F2N3O3/c1-18-15-35(10-11-37(18)27(29(39)40-5)13-19-6-9-24(31)25(32)12-19)28(38)23-17-36(30(2,3)4)16-22(23)21-8-7-20(33)14-26(21)34/h6-9,12,14,18,22-23,27H,10-11,13,15-17H2,1-5H3/t18-,22+,23-,27+/m1/s1. The summed E-state index contributed by atoms with van der Waals surface area (Å²) in [6.45, 7) is 10.5. The maximum atomic E-state index is 14.9. The van der Waals surface area contributed by atoms with E-state index >= 15 is 0 Å². The third kappa shape index (κ3) is 6.62. The second-order valence-corrected chi connectivity index (χ2v) is 12.6. The summed E-state index contributed by atoms with van der Waals surface area (Å²) in [4.78, 5) is 32.9. The van der Waals surface area contributed by atoms with Gasteiger partial charge in [0.05, 0.1) is 23.1 Å². The van der Waals surface area contributed by atoms with Gasteiger partial charge in [-0.05, 0) is 63.4 Å². The van der Waals surface area contributed by atoms with Gasteiger partial charge in [0.2, 0.25) is 5.91 Å². The number of amides is 1. The van der Waals surface area contributed by atoms with E-state index in [0.29, 0.717) is 54.8 Å². The van der Waals surface area contributed by atoms with Crippen molar-refractivity contribution in [3.8, 4) is 0 Å². The highest BCUT2D eigenvalue weighted by Crippen LogP contribution is 2.39. The number of carbonyl (C=O) groups excluding carboxylic acids is 2. The Morgan fingerprint density at radius 1 is 1.02 bits per heavy atom. The molecule has 0 radical (unpaired) electrons. The Morgan fingerprint density at radius 3 is 2.35 bits per heavy atom. The molecule has 2 heterocycles. The summed E-state index contributed by atoms with van der Waals surface area (Å²) in [5.74, 6) is -2.53. The van der Waals surface area contributed by atoms with Crippen LogP contribution in [0, 0.1) is 17.6 Å². The van der Waals surface area contributed by atoms with Crippen molar-refractivity contribution in [2.45, 2.75) is 57.7 Å². The van der Waals surface area contributed by atoms with Crippen molar-refractivity contribution < 1.29 is 23.1 Å². The molecule has 4 atom stereocenters. The number of piperazine rings is 1. The zero-order chi connectivity index (χ0) is 29.4. The van der Waals surface area contributed by atoms with Gasteiger partial charge in [-0.2, -0.15) is 0 Å². The van der Waals surface area contributed by atoms with E-state index < -0.39 is 29.5 Å². The number of rotatable bonds is 6. The minimum Gasteiger partial charge on any atom is -0.468 e. The number of benzene rings is 2. The number of hydrogen-bond acceptors (Lipinski definition) is 5. The Kier molecular flexibility index (Phi) is 9.45. The fraction of sp³-hybridized carbons (Fsp3) is 0.533. The van der Waals surface area contributed by atoms with Crippen LogP contribution in [0.4, 0.5) is 8.78 Å². The van der Waals surface area contributed by atoms with E-state index in [9.17, 15) is 18.4 Å². The van der Waals surface area contributed by atoms with Crippen LogP contribution in [0.15, 0.2) is 36.4 Å². The summed E-state index contributed by atoms with van der Waals surface area (Å²) in [6, 6.07) is 8.21. The highest BCUT2D eigenvalue weighted by atomic mass is 35.5. The number of likely N-dealkylation sites (tertiary alicyclic amines) is 1. The number of esters is 1. The van der Waals surface area contributed by atoms with Crippen molar-refractivity contribution in [1.29, 1.82) is 0 Å². The lowest BCUT2D eigenvalue weighted by atomic mass is 9.87. The quantitative estimate of drug-likeness (QED) is 0.418. The third-order valence-corrected chi connectivity index (χ3v) is 8.96. The molecule has 40 heavy (non-hydrogen) atoms. The van der Waals surface area contributed by atoms with Gasteiger partial charge in [0.15, 0.2) is 0 Å². The number of methoxy groups -OCH3 is 1. The first-order chi connectivity index (χ1) is 18.8. The van der Waals surface area contributed by atoms with Crippen LogP contribution in [0.1, 0.15) is 44.7 Å². The molecule has 0 aliphatic carbocycles. The van der Waals surface area contributed by atoms with Crippen molar-refractivity contribution in [2.75, 3.05) is 39.8 Å². The topological polar surface area (TPSA) is 53.1 Å². The summed E-state index contributed by atoms with van der Waals surface area (Å²) in [7, 11) is 1.37. The molecule has 0 spiro atoms. The van der Waals surface area contributed by atoms with Crippen molar-refractivity contribution >= 4 is 35.1 Å². The maximum absolute atomic E-state index is 14.9. The molecule has 2 aliphatic heterocycles. The van der Waals surface area contributed by atoms with Crippen molar-refractivity contribution in [3.63, 3.8) is 0 Å². The summed E-state index contributed by atoms with van der Waals surface area (Å²) in [6.07, 6.45) is 0.386. The molecule has 0 N–H and O–H groups in total. The van der Waals surface area contributed by atoms with Crippen LogP contribution in [-0.2, 0) is 20.7 Å². The monoisotopic (exact) mass is 595 g/mol. The van der Waals surface area contributed by atoms with Crippen molar-refractivity contribution in [2.24, 2.45) is 5.92 Å². The van der Waals surface area contributed by atoms with Crippen LogP contribution in [-0.4, -0.2) is 84.0 Å². The van der Waals surface area contributed by atoms with Crippen LogP contribution in [0.2, 0.25) is 10.0 Å². The van der Waals surface area contributed by atoms with E-state index in [0.717, 1.165) is 11.6 Å². The van der Waals surface area contributed by atoms with E-state index in [1.807, 2.05) is 17.9 Å². The third-order valence-electron chi connectivity index (χ3n) is 8.22. The molecule has 6 nitrogen and oxygen atoms in total. The Labute approximate surface area is 245 Å². The molecule has 2 aromatic carbocycles. The molecule has 218 valence electrons. The lowest BCUT2D eigenvalue weighted by Crippen LogP contribution is -2.60. The maximum Gasteiger partial charge on any atom is 0.323 e. The van der Waals surface area contributed by atoms with Gasteiger partial charge in [-0.25, -0.2) is 8.78 Å². The van der Waals surface area contributed by atoms with Gasteiger partial charge in [0.1, 0.15) is 17.7 Å². The highest BCUT2D eigenvalue weighted by Gasteiger charge is 2.45. The SMILES string of the molecule is COC(=O)[C@H](Cc1ccc(Cl)c(Cl)c1)N1CCN(C(=O)[C@@H]2CN(C(C)(C)C)C[C@H]2c2ccc(F)cc2F)C[C@H]1C. The van der Waals surface area contributed by atoms with Crippen molar-refractivity contribution in [1.82, 2.24) is 14.7 Å². The first kappa shape index (κ1) is 30.7. The Balaban J connectivity index is 1.52. The van der Waals surface area contributed by atoms with Gasteiger partial charge in [-0.15, -0.1) is 0 Å². The molecular formula is C30H37Cl2F2N3O3. The van der Waals surface area contributed by atoms with Gasteiger partial charge in [0, 0.05) is 56.3 Å². The molecule has 2 aromatic rings. The molecular weight excluding hydrogens is 559 g/mol. The van der Waals surface area contributed by atoms with E-state index in [4.69, 9.17) is 27.9 Å². The Hall–Kier alpha value is -2.26. The van der Waals surface area contributed by atoms with Crippen LogP contribution < -0.4 is 0 Å². The molecule has 0 unspecified atom stereocenters. The molecule has 0 bridgehead atoms. The van der Waals surface area contributed by atoms with E-state index in [-0.39, 0.29) is 23.5 Å². The summed E-state index contributed by atoms with van der Waals surface area (Å²) in [5, 5.41) is 0.857. The largest absolute Gasteiger partial charge is 0.468 e. The van der Waals surface area contributed by atoms with Gasteiger partial charge in [-0.3, -0.25) is 19.4 Å². The first-order valence-corrected chi connectivity index (χ1v) is 14.3. The second kappa shape index (κ2) is 12.3. The van der Waals surface area contributed by atoms with Gasteiger partial charge < -0.3 is 9.64 Å². The molecule has 0 saturated carbocycles. The Bertz CT molecular complexity index is 1260. The number of ether oxygens (including phenoxy) is 1. The molecule has 2 aliphatic rings. The molecule has 2 fully saturated rings. The predicted octanol–water partition coefficient (Wildman–Crippen LogP) is 5.40. The van der Waals surface area contributed by atoms with E-state index in [1.165, 1.54) is 19.2 Å². The minimum atomic E-state index is -0.638. The first-order valence-electron chi connectivity index (χ1n) is 13.6. The van der Waals surface area contributed by atoms with Crippen LogP contribution in [0.5, 0.6) is 0 Å². The zero-order valence-corrected chi connectivity index (χ0v) is 25.1. The highest BCUT2D eigenvalue weighted by molar-refractivity contribution is 6.42. The molecule has 4 rings (SSSR count). The van der Waals surface area contributed by atoms with Crippen LogP contribution in [0.25, 0.3) is 0 Å². The zero-order valence-electron chi connectivity index (χ0n) is 23.6. The van der Waals surface area contributed by atoms with Gasteiger partial charge in [-0.1, -0.05) is 35.3 Å². The fourth-order valence-electron chi connectivity index (χ4n) is 5.95. The molecule has 1 amide bonds. The lowest BCUT2D eigenvalue weighted by Gasteiger charge is -2.44. The molecule has 2 saturated heterocycles. The molecule has 0 aromatic heterocycles. The normalized spacial score (nSPS) is 23.3. The van der Waals surface area contributed by atoms with Gasteiger partial charge >= 0.3 is 5.97 Å². The van der Waals surface area contributed by atoms with Gasteiger partial charge in [0.25, 0.3) is 0 Å². The van der Waals surface area contributed by atoms with Crippen LogP contribution in [0.3, 0.4) is 0 Å². The summed E-state index contributed by atoms with van der Waals surface area (Å²) < 4.78 is 33.7. The number of nitrogens with zero attached hydrogens (tertiary/aromatic N) is 3. The summed E-state index contributed by atoms with van der Waals surface area (Å²) >= 11 is 12.3. The fourth-order valence-corrected chi connectivity index (χ4v) is 6.27. The smallest absolute Gasteiger partial charge is 0.323 e. The lowest BCUT2D eigenvalue weighted by molar-refractivity contribution is -0.150. The Morgan fingerprint density at radius 2 is 1.75 bits per heavy atom. The van der Waals surface area contributed by atoms with Crippen molar-refractivity contribution in [3.05, 3.63) is 69.2 Å². The summed E-state index contributed by atoms with van der Waals surface area (Å²) in [5.41, 5.74) is 1.01.